The van der Waals surface area contributed by atoms with E-state index < -0.39 is 0 Å². The molecule has 3 rings (SSSR count). The SMILES string of the molecule is CNCC1CCC(C)CC1c1cc2ccccc2o1. The second-order valence-electron chi connectivity index (χ2n) is 6.03. The Bertz CT molecular complexity index is 512. The third-order valence-electron chi connectivity index (χ3n) is 4.53. The maximum atomic E-state index is 6.10. The minimum atomic E-state index is 0.573. The van der Waals surface area contributed by atoms with Crippen LogP contribution < -0.4 is 5.32 Å². The highest BCUT2D eigenvalue weighted by Gasteiger charge is 2.31. The van der Waals surface area contributed by atoms with E-state index in [1.54, 1.807) is 0 Å². The van der Waals surface area contributed by atoms with Gasteiger partial charge in [-0.15, -0.1) is 0 Å². The molecular weight excluding hydrogens is 234 g/mol. The van der Waals surface area contributed by atoms with Crippen molar-refractivity contribution >= 4 is 11.0 Å². The Balaban J connectivity index is 1.92. The first-order valence-electron chi connectivity index (χ1n) is 7.41. The van der Waals surface area contributed by atoms with Crippen LogP contribution in [0.3, 0.4) is 0 Å². The quantitative estimate of drug-likeness (QED) is 0.892. The first-order chi connectivity index (χ1) is 9.28. The molecule has 0 spiro atoms. The number of nitrogens with one attached hydrogen (secondary N) is 1. The van der Waals surface area contributed by atoms with Crippen LogP contribution in [0.2, 0.25) is 0 Å². The molecule has 1 aliphatic carbocycles. The van der Waals surface area contributed by atoms with E-state index in [1.165, 1.54) is 30.4 Å². The highest BCUT2D eigenvalue weighted by atomic mass is 16.3. The van der Waals surface area contributed by atoms with Gasteiger partial charge < -0.3 is 9.73 Å². The van der Waals surface area contributed by atoms with E-state index >= 15 is 0 Å². The number of rotatable bonds is 3. The summed E-state index contributed by atoms with van der Waals surface area (Å²) in [6, 6.07) is 10.6. The summed E-state index contributed by atoms with van der Waals surface area (Å²) in [5.74, 6) is 3.28. The Morgan fingerprint density at radius 2 is 2.11 bits per heavy atom. The molecule has 0 saturated heterocycles. The van der Waals surface area contributed by atoms with Crippen LogP contribution >= 0.6 is 0 Å². The van der Waals surface area contributed by atoms with E-state index in [0.717, 1.165) is 18.0 Å². The molecule has 1 saturated carbocycles. The van der Waals surface area contributed by atoms with Gasteiger partial charge in [0.25, 0.3) is 0 Å². The normalized spacial score (nSPS) is 27.8. The van der Waals surface area contributed by atoms with Crippen molar-refractivity contribution in [3.05, 3.63) is 36.1 Å². The van der Waals surface area contributed by atoms with Crippen molar-refractivity contribution in [2.45, 2.75) is 32.1 Å². The summed E-state index contributed by atoms with van der Waals surface area (Å²) in [6.07, 6.45) is 3.92. The lowest BCUT2D eigenvalue weighted by Gasteiger charge is -2.33. The third-order valence-corrected chi connectivity index (χ3v) is 4.53. The summed E-state index contributed by atoms with van der Waals surface area (Å²) in [5.41, 5.74) is 1.03. The molecule has 3 unspecified atom stereocenters. The zero-order chi connectivity index (χ0) is 13.2. The first kappa shape index (κ1) is 12.7. The van der Waals surface area contributed by atoms with Gasteiger partial charge in [0.1, 0.15) is 11.3 Å². The summed E-state index contributed by atoms with van der Waals surface area (Å²) < 4.78 is 6.10. The molecule has 1 aromatic carbocycles. The first-order valence-corrected chi connectivity index (χ1v) is 7.41. The van der Waals surface area contributed by atoms with Gasteiger partial charge in [0.05, 0.1) is 0 Å². The van der Waals surface area contributed by atoms with Crippen LogP contribution in [0.5, 0.6) is 0 Å². The number of hydrogen-bond donors (Lipinski definition) is 1. The predicted molar refractivity (Wildman–Crippen MR) is 79.4 cm³/mol. The maximum absolute atomic E-state index is 6.10. The van der Waals surface area contributed by atoms with Gasteiger partial charge >= 0.3 is 0 Å². The second-order valence-corrected chi connectivity index (χ2v) is 6.03. The number of fused-ring (bicyclic) bond motifs is 1. The van der Waals surface area contributed by atoms with E-state index in [9.17, 15) is 0 Å². The number of para-hydroxylation sites is 1. The smallest absolute Gasteiger partial charge is 0.134 e. The van der Waals surface area contributed by atoms with Crippen molar-refractivity contribution < 1.29 is 4.42 Å². The second kappa shape index (κ2) is 5.38. The largest absolute Gasteiger partial charge is 0.461 e. The van der Waals surface area contributed by atoms with Crippen molar-refractivity contribution in [3.63, 3.8) is 0 Å². The lowest BCUT2D eigenvalue weighted by molar-refractivity contribution is 0.224. The average molecular weight is 257 g/mol. The van der Waals surface area contributed by atoms with Crippen LogP contribution in [0.25, 0.3) is 11.0 Å². The molecule has 1 N–H and O–H groups in total. The molecule has 3 atom stereocenters. The van der Waals surface area contributed by atoms with Crippen molar-refractivity contribution in [2.75, 3.05) is 13.6 Å². The molecule has 0 amide bonds. The molecule has 2 nitrogen and oxygen atoms in total. The molecule has 0 aliphatic heterocycles. The Morgan fingerprint density at radius 3 is 2.89 bits per heavy atom. The van der Waals surface area contributed by atoms with Gasteiger partial charge in [-0.2, -0.15) is 0 Å². The Morgan fingerprint density at radius 1 is 1.26 bits per heavy atom. The minimum absolute atomic E-state index is 0.573. The zero-order valence-electron chi connectivity index (χ0n) is 11.9. The topological polar surface area (TPSA) is 25.2 Å². The lowest BCUT2D eigenvalue weighted by atomic mass is 9.73. The standard InChI is InChI=1S/C17H23NO/c1-12-7-8-14(11-18-2)15(9-12)17-10-13-5-3-4-6-16(13)19-17/h3-6,10,12,14-15,18H,7-9,11H2,1-2H3. The van der Waals surface area contributed by atoms with Gasteiger partial charge in [-0.05, 0) is 50.4 Å². The van der Waals surface area contributed by atoms with Crippen LogP contribution in [-0.4, -0.2) is 13.6 Å². The summed E-state index contributed by atoms with van der Waals surface area (Å²) in [4.78, 5) is 0. The summed E-state index contributed by atoms with van der Waals surface area (Å²) in [6.45, 7) is 3.46. The van der Waals surface area contributed by atoms with E-state index in [-0.39, 0.29) is 0 Å². The zero-order valence-corrected chi connectivity index (χ0v) is 11.9. The van der Waals surface area contributed by atoms with Gasteiger partial charge in [0.15, 0.2) is 0 Å². The highest BCUT2D eigenvalue weighted by molar-refractivity contribution is 5.77. The Hall–Kier alpha value is -1.28. The Kier molecular flexibility index (Phi) is 3.61. The summed E-state index contributed by atoms with van der Waals surface area (Å²) >= 11 is 0. The predicted octanol–water partition coefficient (Wildman–Crippen LogP) is 4.17. The fourth-order valence-electron chi connectivity index (χ4n) is 3.48. The van der Waals surface area contributed by atoms with Gasteiger partial charge in [-0.25, -0.2) is 0 Å². The number of hydrogen-bond acceptors (Lipinski definition) is 2. The van der Waals surface area contributed by atoms with E-state index in [1.807, 2.05) is 13.1 Å². The summed E-state index contributed by atoms with van der Waals surface area (Å²) in [7, 11) is 2.05. The van der Waals surface area contributed by atoms with Gasteiger partial charge in [-0.1, -0.05) is 31.5 Å². The lowest BCUT2D eigenvalue weighted by Crippen LogP contribution is -2.29. The average Bonchev–Trinajstić information content (AvgIpc) is 2.84. The van der Waals surface area contributed by atoms with Crippen molar-refractivity contribution in [1.82, 2.24) is 5.32 Å². The molecule has 1 fully saturated rings. The molecule has 1 aliphatic rings. The van der Waals surface area contributed by atoms with E-state index in [2.05, 4.69) is 36.5 Å². The van der Waals surface area contributed by atoms with Crippen molar-refractivity contribution in [1.29, 1.82) is 0 Å². The highest BCUT2D eigenvalue weighted by Crippen LogP contribution is 2.41. The molecule has 102 valence electrons. The monoisotopic (exact) mass is 257 g/mol. The molecule has 0 bridgehead atoms. The molecule has 0 radical (unpaired) electrons. The van der Waals surface area contributed by atoms with Gasteiger partial charge in [0, 0.05) is 11.3 Å². The van der Waals surface area contributed by atoms with Crippen molar-refractivity contribution in [3.8, 4) is 0 Å². The third kappa shape index (κ3) is 2.55. The number of benzene rings is 1. The van der Waals surface area contributed by atoms with Gasteiger partial charge in [0.2, 0.25) is 0 Å². The molecule has 1 aromatic heterocycles. The fraction of sp³-hybridized carbons (Fsp3) is 0.529. The van der Waals surface area contributed by atoms with Crippen LogP contribution in [-0.2, 0) is 0 Å². The van der Waals surface area contributed by atoms with Crippen LogP contribution in [0.1, 0.15) is 37.9 Å². The van der Waals surface area contributed by atoms with Gasteiger partial charge in [-0.3, -0.25) is 0 Å². The number of furan rings is 1. The van der Waals surface area contributed by atoms with Crippen LogP contribution in [0, 0.1) is 11.8 Å². The van der Waals surface area contributed by atoms with Crippen molar-refractivity contribution in [2.24, 2.45) is 11.8 Å². The molecule has 2 aromatic rings. The van der Waals surface area contributed by atoms with Crippen LogP contribution in [0.4, 0.5) is 0 Å². The molecule has 2 heteroatoms. The fourth-order valence-corrected chi connectivity index (χ4v) is 3.48. The molecular formula is C17H23NO. The minimum Gasteiger partial charge on any atom is -0.461 e. The molecule has 1 heterocycles. The molecule has 19 heavy (non-hydrogen) atoms. The maximum Gasteiger partial charge on any atom is 0.134 e. The van der Waals surface area contributed by atoms with E-state index in [4.69, 9.17) is 4.42 Å². The Labute approximate surface area is 115 Å². The summed E-state index contributed by atoms with van der Waals surface area (Å²) in [5, 5.41) is 4.58. The van der Waals surface area contributed by atoms with E-state index in [0.29, 0.717) is 11.8 Å². The van der Waals surface area contributed by atoms with Crippen LogP contribution in [0.15, 0.2) is 34.7 Å².